The first kappa shape index (κ1) is 16.3. The van der Waals surface area contributed by atoms with Crippen LogP contribution in [0.5, 0.6) is 11.5 Å². The summed E-state index contributed by atoms with van der Waals surface area (Å²) >= 11 is 1.55. The molecular formula is C17H17N3O3S. The summed E-state index contributed by atoms with van der Waals surface area (Å²) in [4.78, 5) is 11.9. The first-order valence-electron chi connectivity index (χ1n) is 7.34. The normalized spacial score (nSPS) is 16.5. The number of H-pyrrole nitrogens is 1. The molecule has 3 rings (SSSR count). The molecule has 0 saturated heterocycles. The molecule has 1 aromatic heterocycles. The molecule has 1 atom stereocenters. The second-order valence-corrected chi connectivity index (χ2v) is 6.35. The lowest BCUT2D eigenvalue weighted by molar-refractivity contribution is -0.113. The Bertz CT molecular complexity index is 810. The minimum Gasteiger partial charge on any atom is -0.493 e. The van der Waals surface area contributed by atoms with Crippen LogP contribution in [0, 0.1) is 19.3 Å². The van der Waals surface area contributed by atoms with Crippen LogP contribution in [0.15, 0.2) is 18.2 Å². The van der Waals surface area contributed by atoms with E-state index in [0.29, 0.717) is 23.1 Å². The number of benzene rings is 1. The van der Waals surface area contributed by atoms with Gasteiger partial charge in [-0.15, -0.1) is 18.2 Å². The van der Waals surface area contributed by atoms with Crippen molar-refractivity contribution < 1.29 is 14.3 Å². The minimum atomic E-state index is -0.0591. The van der Waals surface area contributed by atoms with Crippen molar-refractivity contribution in [1.82, 2.24) is 10.2 Å². The zero-order valence-corrected chi connectivity index (χ0v) is 14.2. The van der Waals surface area contributed by atoms with E-state index in [0.717, 1.165) is 16.8 Å². The fraction of sp³-hybridized carbons (Fsp3) is 0.294. The highest BCUT2D eigenvalue weighted by atomic mass is 32.2. The molecule has 24 heavy (non-hydrogen) atoms. The Morgan fingerprint density at radius 2 is 2.29 bits per heavy atom. The highest BCUT2D eigenvalue weighted by Crippen LogP contribution is 2.44. The molecule has 0 aliphatic carbocycles. The van der Waals surface area contributed by atoms with Crippen LogP contribution in [0.1, 0.15) is 22.1 Å². The van der Waals surface area contributed by atoms with E-state index in [2.05, 4.69) is 21.4 Å². The number of aryl methyl sites for hydroxylation is 1. The number of rotatable bonds is 4. The molecule has 1 aliphatic rings. The van der Waals surface area contributed by atoms with Gasteiger partial charge in [-0.05, 0) is 24.6 Å². The maximum absolute atomic E-state index is 11.9. The van der Waals surface area contributed by atoms with Gasteiger partial charge in [-0.3, -0.25) is 9.89 Å². The molecule has 2 heterocycles. The van der Waals surface area contributed by atoms with Crippen molar-refractivity contribution in [2.45, 2.75) is 12.2 Å². The fourth-order valence-corrected chi connectivity index (χ4v) is 3.80. The van der Waals surface area contributed by atoms with Gasteiger partial charge >= 0.3 is 0 Å². The first-order valence-corrected chi connectivity index (χ1v) is 8.39. The van der Waals surface area contributed by atoms with Gasteiger partial charge in [-0.1, -0.05) is 12.0 Å². The van der Waals surface area contributed by atoms with Gasteiger partial charge in [0.2, 0.25) is 5.91 Å². The number of nitrogens with zero attached hydrogens (tertiary/aromatic N) is 1. The van der Waals surface area contributed by atoms with Crippen LogP contribution >= 0.6 is 11.8 Å². The average molecular weight is 343 g/mol. The van der Waals surface area contributed by atoms with Crippen molar-refractivity contribution >= 4 is 23.5 Å². The third-order valence-corrected chi connectivity index (χ3v) is 4.97. The molecule has 0 radical (unpaired) electrons. The number of thioether (sulfide) groups is 1. The first-order chi connectivity index (χ1) is 11.6. The molecule has 1 aliphatic heterocycles. The molecule has 1 aromatic carbocycles. The standard InChI is InChI=1S/C17H17N3O3S/c1-4-7-23-12-6-5-11(8-13(12)22-3)16-15-10(2)19-20-17(15)18-14(21)9-24-16/h1,5-6,8,16H,7,9H2,2-3H3,(H2,18,19,20,21). The summed E-state index contributed by atoms with van der Waals surface area (Å²) in [5, 5.41) is 9.93. The Labute approximate surface area is 144 Å². The summed E-state index contributed by atoms with van der Waals surface area (Å²) in [5.74, 6) is 4.52. The summed E-state index contributed by atoms with van der Waals surface area (Å²) in [6.45, 7) is 2.12. The Hall–Kier alpha value is -2.59. The lowest BCUT2D eigenvalue weighted by Crippen LogP contribution is -2.12. The number of amides is 1. The van der Waals surface area contributed by atoms with Crippen molar-refractivity contribution in [1.29, 1.82) is 0 Å². The topological polar surface area (TPSA) is 76.2 Å². The molecule has 0 fully saturated rings. The van der Waals surface area contributed by atoms with E-state index < -0.39 is 0 Å². The summed E-state index contributed by atoms with van der Waals surface area (Å²) in [6, 6.07) is 5.70. The van der Waals surface area contributed by atoms with Gasteiger partial charge in [-0.25, -0.2) is 0 Å². The van der Waals surface area contributed by atoms with Gasteiger partial charge < -0.3 is 14.8 Å². The van der Waals surface area contributed by atoms with Gasteiger partial charge in [0.1, 0.15) is 6.61 Å². The number of carbonyl (C=O) groups excluding carboxylic acids is 1. The van der Waals surface area contributed by atoms with Gasteiger partial charge in [-0.2, -0.15) is 5.10 Å². The predicted molar refractivity (Wildman–Crippen MR) is 93.6 cm³/mol. The molecule has 0 bridgehead atoms. The van der Waals surface area contributed by atoms with E-state index in [1.165, 1.54) is 0 Å². The number of aromatic amines is 1. The number of anilines is 1. The maximum atomic E-state index is 11.9. The van der Waals surface area contributed by atoms with Crippen LogP contribution < -0.4 is 14.8 Å². The zero-order valence-electron chi connectivity index (χ0n) is 13.4. The molecule has 1 amide bonds. The number of nitrogens with one attached hydrogen (secondary N) is 2. The number of carbonyl (C=O) groups is 1. The van der Waals surface area contributed by atoms with Crippen molar-refractivity contribution in [3.63, 3.8) is 0 Å². The number of hydrogen-bond acceptors (Lipinski definition) is 5. The van der Waals surface area contributed by atoms with Crippen molar-refractivity contribution in [3.05, 3.63) is 35.0 Å². The third kappa shape index (κ3) is 3.05. The van der Waals surface area contributed by atoms with Crippen LogP contribution in [0.2, 0.25) is 0 Å². The monoisotopic (exact) mass is 343 g/mol. The smallest absolute Gasteiger partial charge is 0.235 e. The van der Waals surface area contributed by atoms with Gasteiger partial charge in [0.05, 0.1) is 18.1 Å². The molecular weight excluding hydrogens is 326 g/mol. The Morgan fingerprint density at radius 3 is 3.04 bits per heavy atom. The fourth-order valence-electron chi connectivity index (χ4n) is 2.61. The summed E-state index contributed by atoms with van der Waals surface area (Å²) in [6.07, 6.45) is 5.23. The minimum absolute atomic E-state index is 0.0340. The molecule has 6 nitrogen and oxygen atoms in total. The largest absolute Gasteiger partial charge is 0.493 e. The maximum Gasteiger partial charge on any atom is 0.235 e. The predicted octanol–water partition coefficient (Wildman–Crippen LogP) is 2.51. The van der Waals surface area contributed by atoms with Crippen LogP contribution in [0.25, 0.3) is 0 Å². The highest BCUT2D eigenvalue weighted by Gasteiger charge is 2.28. The van der Waals surface area contributed by atoms with E-state index >= 15 is 0 Å². The highest BCUT2D eigenvalue weighted by molar-refractivity contribution is 8.00. The van der Waals surface area contributed by atoms with Crippen molar-refractivity contribution in [2.24, 2.45) is 0 Å². The SMILES string of the molecule is C#CCOc1ccc(C2SCC(=O)Nc3n[nH]c(C)c32)cc1OC. The van der Waals surface area contributed by atoms with E-state index in [-0.39, 0.29) is 17.8 Å². The molecule has 2 aromatic rings. The van der Waals surface area contributed by atoms with E-state index in [1.807, 2.05) is 25.1 Å². The molecule has 2 N–H and O–H groups in total. The third-order valence-electron chi connectivity index (χ3n) is 3.70. The Morgan fingerprint density at radius 1 is 1.46 bits per heavy atom. The van der Waals surface area contributed by atoms with Crippen LogP contribution in [-0.2, 0) is 4.79 Å². The average Bonchev–Trinajstić information content (AvgIpc) is 2.84. The van der Waals surface area contributed by atoms with Gasteiger partial charge in [0.25, 0.3) is 0 Å². The van der Waals surface area contributed by atoms with E-state index in [1.54, 1.807) is 18.9 Å². The summed E-state index contributed by atoms with van der Waals surface area (Å²) in [7, 11) is 1.59. The number of terminal acetylenes is 1. The molecule has 1 unspecified atom stereocenters. The molecule has 0 spiro atoms. The quantitative estimate of drug-likeness (QED) is 0.834. The second kappa shape index (κ2) is 6.89. The van der Waals surface area contributed by atoms with E-state index in [9.17, 15) is 4.79 Å². The van der Waals surface area contributed by atoms with Gasteiger partial charge in [0.15, 0.2) is 17.3 Å². The second-order valence-electron chi connectivity index (χ2n) is 5.25. The Kier molecular flexibility index (Phi) is 4.67. The van der Waals surface area contributed by atoms with Crippen molar-refractivity contribution in [3.8, 4) is 23.8 Å². The number of aromatic nitrogens is 2. The molecule has 124 valence electrons. The zero-order chi connectivity index (χ0) is 17.1. The molecule has 0 saturated carbocycles. The number of hydrogen-bond donors (Lipinski definition) is 2. The van der Waals surface area contributed by atoms with Crippen LogP contribution in [0.3, 0.4) is 0 Å². The van der Waals surface area contributed by atoms with Crippen LogP contribution in [-0.4, -0.2) is 35.6 Å². The van der Waals surface area contributed by atoms with Crippen LogP contribution in [0.4, 0.5) is 5.82 Å². The molecule has 7 heteroatoms. The summed E-state index contributed by atoms with van der Waals surface area (Å²) in [5.41, 5.74) is 2.91. The lowest BCUT2D eigenvalue weighted by atomic mass is 10.0. The van der Waals surface area contributed by atoms with E-state index in [4.69, 9.17) is 15.9 Å². The lowest BCUT2D eigenvalue weighted by Gasteiger charge is -2.17. The summed E-state index contributed by atoms with van der Waals surface area (Å²) < 4.78 is 10.9. The number of methoxy groups -OCH3 is 1. The Balaban J connectivity index is 2.00. The van der Waals surface area contributed by atoms with Gasteiger partial charge in [0, 0.05) is 11.3 Å². The number of ether oxygens (including phenoxy) is 2. The number of fused-ring (bicyclic) bond motifs is 1. The van der Waals surface area contributed by atoms with Crippen molar-refractivity contribution in [2.75, 3.05) is 24.8 Å².